The molecule has 1 amide bonds. The average molecular weight is 451 g/mol. The van der Waals surface area contributed by atoms with Gasteiger partial charge in [-0.15, -0.1) is 5.10 Å². The molecule has 0 spiro atoms. The molecular weight excluding hydrogens is 428 g/mol. The average Bonchev–Trinajstić information content (AvgIpc) is 3.45. The Kier molecular flexibility index (Phi) is 4.87. The van der Waals surface area contributed by atoms with Gasteiger partial charge < -0.3 is 5.32 Å². The van der Waals surface area contributed by atoms with E-state index in [1.165, 1.54) is 0 Å². The highest BCUT2D eigenvalue weighted by Crippen LogP contribution is 2.37. The fourth-order valence-corrected chi connectivity index (χ4v) is 4.11. The van der Waals surface area contributed by atoms with E-state index in [2.05, 4.69) is 25.9 Å². The Morgan fingerprint density at radius 3 is 2.68 bits per heavy atom. The van der Waals surface area contributed by atoms with Gasteiger partial charge in [0.25, 0.3) is 5.91 Å². The minimum atomic E-state index is -0.223. The number of carbonyl (C=O) groups is 1. The second kappa shape index (κ2) is 8.18. The lowest BCUT2D eigenvalue weighted by atomic mass is 10.1. The second-order valence-electron chi connectivity index (χ2n) is 8.33. The predicted molar refractivity (Wildman–Crippen MR) is 128 cm³/mol. The van der Waals surface area contributed by atoms with Gasteiger partial charge in [-0.05, 0) is 48.4 Å². The normalized spacial score (nSPS) is 13.3. The molecule has 0 radical (unpaired) electrons. The highest BCUT2D eigenvalue weighted by molar-refractivity contribution is 6.12. The molecule has 1 saturated carbocycles. The van der Waals surface area contributed by atoms with Crippen LogP contribution in [0.2, 0.25) is 0 Å². The number of hydrogen-bond acceptors (Lipinski definition) is 6. The number of nitrogens with one attached hydrogen (secondary N) is 1. The summed E-state index contributed by atoms with van der Waals surface area (Å²) >= 11 is 0. The van der Waals surface area contributed by atoms with Gasteiger partial charge in [0.2, 0.25) is 0 Å². The molecule has 3 heterocycles. The van der Waals surface area contributed by atoms with Crippen molar-refractivity contribution < 1.29 is 4.79 Å². The molecule has 2 aromatic carbocycles. The third-order valence-corrected chi connectivity index (χ3v) is 5.99. The summed E-state index contributed by atoms with van der Waals surface area (Å²) in [7, 11) is 0. The molecule has 0 saturated heterocycles. The number of nitrogens with zero attached hydrogens (tertiary/aromatic N) is 7. The first kappa shape index (κ1) is 20.2. The summed E-state index contributed by atoms with van der Waals surface area (Å²) < 4.78 is 3.66. The molecule has 6 rings (SSSR count). The summed E-state index contributed by atoms with van der Waals surface area (Å²) in [5, 5.41) is 20.3. The van der Waals surface area contributed by atoms with Gasteiger partial charge in [0.15, 0.2) is 11.5 Å². The lowest BCUT2D eigenvalue weighted by Gasteiger charge is -2.10. The Hall–Kier alpha value is -4.40. The van der Waals surface area contributed by atoms with Gasteiger partial charge in [-0.25, -0.2) is 14.3 Å². The Morgan fingerprint density at radius 1 is 1.06 bits per heavy atom. The van der Waals surface area contributed by atoms with Crippen molar-refractivity contribution in [3.63, 3.8) is 0 Å². The van der Waals surface area contributed by atoms with E-state index in [1.54, 1.807) is 10.9 Å². The van der Waals surface area contributed by atoms with Crippen molar-refractivity contribution in [3.05, 3.63) is 72.4 Å². The van der Waals surface area contributed by atoms with E-state index in [0.717, 1.165) is 29.7 Å². The van der Waals surface area contributed by atoms with Crippen LogP contribution in [0.1, 0.15) is 36.2 Å². The molecule has 3 aromatic heterocycles. The molecule has 0 unspecified atom stereocenters. The maximum atomic E-state index is 13.5. The van der Waals surface area contributed by atoms with E-state index in [-0.39, 0.29) is 5.91 Å². The van der Waals surface area contributed by atoms with Gasteiger partial charge in [-0.1, -0.05) is 42.5 Å². The van der Waals surface area contributed by atoms with Crippen molar-refractivity contribution >= 4 is 22.6 Å². The van der Waals surface area contributed by atoms with Crippen molar-refractivity contribution in [2.24, 2.45) is 0 Å². The molecule has 34 heavy (non-hydrogen) atoms. The first-order valence-electron chi connectivity index (χ1n) is 11.3. The molecule has 168 valence electrons. The third-order valence-electron chi connectivity index (χ3n) is 5.99. The SMILES string of the molecule is CCn1ncc2c(C(=O)Nc3cccc(-c4nnnn4C4CC4)c3)cc(-c3ccccc3)nc21. The Bertz CT molecular complexity index is 1500. The van der Waals surface area contributed by atoms with Crippen LogP contribution >= 0.6 is 0 Å². The summed E-state index contributed by atoms with van der Waals surface area (Å²) in [6.07, 6.45) is 3.87. The van der Waals surface area contributed by atoms with Gasteiger partial charge in [-0.2, -0.15) is 5.10 Å². The van der Waals surface area contributed by atoms with Crippen LogP contribution < -0.4 is 5.32 Å². The number of anilines is 1. The maximum absolute atomic E-state index is 13.5. The van der Waals surface area contributed by atoms with Crippen molar-refractivity contribution in [2.75, 3.05) is 5.32 Å². The van der Waals surface area contributed by atoms with Crippen molar-refractivity contribution in [1.29, 1.82) is 0 Å². The molecule has 0 bridgehead atoms. The molecule has 1 N–H and O–H groups in total. The fourth-order valence-electron chi connectivity index (χ4n) is 4.11. The van der Waals surface area contributed by atoms with Gasteiger partial charge >= 0.3 is 0 Å². The summed E-state index contributed by atoms with van der Waals surface area (Å²) in [5.74, 6) is 0.486. The van der Waals surface area contributed by atoms with Gasteiger partial charge in [0, 0.05) is 23.4 Å². The first-order valence-corrected chi connectivity index (χ1v) is 11.3. The Morgan fingerprint density at radius 2 is 1.88 bits per heavy atom. The number of carbonyl (C=O) groups excluding carboxylic acids is 1. The molecule has 9 nitrogen and oxygen atoms in total. The lowest BCUT2D eigenvalue weighted by Crippen LogP contribution is -2.13. The fraction of sp³-hybridized carbons (Fsp3) is 0.200. The molecular formula is C25H22N8O. The van der Waals surface area contributed by atoms with E-state index in [9.17, 15) is 4.79 Å². The quantitative estimate of drug-likeness (QED) is 0.412. The van der Waals surface area contributed by atoms with E-state index in [1.807, 2.05) is 72.3 Å². The van der Waals surface area contributed by atoms with Crippen LogP contribution in [0.4, 0.5) is 5.69 Å². The lowest BCUT2D eigenvalue weighted by molar-refractivity contribution is 0.102. The number of pyridine rings is 1. The molecule has 0 atom stereocenters. The van der Waals surface area contributed by atoms with E-state index in [0.29, 0.717) is 40.7 Å². The molecule has 9 heteroatoms. The molecule has 1 fully saturated rings. The number of benzene rings is 2. The number of tetrazole rings is 1. The van der Waals surface area contributed by atoms with Gasteiger partial charge in [0.1, 0.15) is 0 Å². The second-order valence-corrected chi connectivity index (χ2v) is 8.33. The Labute approximate surface area is 195 Å². The number of aromatic nitrogens is 7. The minimum absolute atomic E-state index is 0.223. The molecule has 1 aliphatic rings. The van der Waals surface area contributed by atoms with Crippen LogP contribution in [0.15, 0.2) is 66.9 Å². The maximum Gasteiger partial charge on any atom is 0.256 e. The molecule has 5 aromatic rings. The summed E-state index contributed by atoms with van der Waals surface area (Å²) in [6.45, 7) is 2.66. The molecule has 1 aliphatic carbocycles. The monoisotopic (exact) mass is 450 g/mol. The van der Waals surface area contributed by atoms with Crippen molar-refractivity contribution in [2.45, 2.75) is 32.4 Å². The zero-order chi connectivity index (χ0) is 23.1. The highest BCUT2D eigenvalue weighted by Gasteiger charge is 2.28. The number of rotatable bonds is 6. The number of amides is 1. The van der Waals surface area contributed by atoms with Crippen LogP contribution in [-0.4, -0.2) is 40.9 Å². The third kappa shape index (κ3) is 3.61. The van der Waals surface area contributed by atoms with Gasteiger partial charge in [-0.3, -0.25) is 4.79 Å². The smallest absolute Gasteiger partial charge is 0.256 e. The van der Waals surface area contributed by atoms with Crippen molar-refractivity contribution in [1.82, 2.24) is 35.0 Å². The number of fused-ring (bicyclic) bond motifs is 1. The zero-order valence-electron chi connectivity index (χ0n) is 18.6. The largest absolute Gasteiger partial charge is 0.322 e. The zero-order valence-corrected chi connectivity index (χ0v) is 18.6. The van der Waals surface area contributed by atoms with E-state index in [4.69, 9.17) is 4.98 Å². The minimum Gasteiger partial charge on any atom is -0.322 e. The van der Waals surface area contributed by atoms with Crippen LogP contribution in [-0.2, 0) is 6.54 Å². The topological polar surface area (TPSA) is 103 Å². The Balaban J connectivity index is 1.37. The predicted octanol–water partition coefficient (Wildman–Crippen LogP) is 4.36. The standard InChI is InChI=1S/C25H22N8O/c1-2-32-24-21(15-26-32)20(14-22(28-24)16-7-4-3-5-8-16)25(34)27-18-10-6-9-17(13-18)23-29-30-31-33(23)19-11-12-19/h3-10,13-15,19H,2,11-12H2,1H3,(H,27,34). The van der Waals surface area contributed by atoms with E-state index < -0.39 is 0 Å². The highest BCUT2D eigenvalue weighted by atomic mass is 16.1. The van der Waals surface area contributed by atoms with Gasteiger partial charge in [0.05, 0.1) is 28.9 Å². The van der Waals surface area contributed by atoms with Crippen molar-refractivity contribution in [3.8, 4) is 22.6 Å². The summed E-state index contributed by atoms with van der Waals surface area (Å²) in [6, 6.07) is 19.6. The number of hydrogen-bond donors (Lipinski definition) is 1. The number of aryl methyl sites for hydroxylation is 1. The van der Waals surface area contributed by atoms with Crippen LogP contribution in [0.3, 0.4) is 0 Å². The first-order chi connectivity index (χ1) is 16.7. The van der Waals surface area contributed by atoms with Crippen LogP contribution in [0.5, 0.6) is 0 Å². The van der Waals surface area contributed by atoms with E-state index >= 15 is 0 Å². The van der Waals surface area contributed by atoms with Crippen LogP contribution in [0.25, 0.3) is 33.7 Å². The summed E-state index contributed by atoms with van der Waals surface area (Å²) in [4.78, 5) is 18.3. The molecule has 0 aliphatic heterocycles. The van der Waals surface area contributed by atoms with Crippen LogP contribution in [0, 0.1) is 0 Å². The summed E-state index contributed by atoms with van der Waals surface area (Å²) in [5.41, 5.74) is 4.41.